The lowest BCUT2D eigenvalue weighted by atomic mass is 10.1. The van der Waals surface area contributed by atoms with Gasteiger partial charge >= 0.3 is 0 Å². The van der Waals surface area contributed by atoms with E-state index < -0.39 is 9.84 Å². The van der Waals surface area contributed by atoms with Crippen molar-refractivity contribution in [1.82, 2.24) is 9.55 Å². The monoisotopic (exact) mass is 351 g/mol. The van der Waals surface area contributed by atoms with Crippen molar-refractivity contribution in [3.8, 4) is 6.07 Å². The number of rotatable bonds is 5. The maximum absolute atomic E-state index is 11.5. The van der Waals surface area contributed by atoms with Crippen LogP contribution in [0.1, 0.15) is 22.5 Å². The number of hydrogen-bond acceptors (Lipinski definition) is 4. The minimum atomic E-state index is -3.18. The molecule has 6 heteroatoms. The van der Waals surface area contributed by atoms with Crippen LogP contribution in [0.2, 0.25) is 0 Å². The summed E-state index contributed by atoms with van der Waals surface area (Å²) in [5.41, 5.74) is 2.66. The van der Waals surface area contributed by atoms with Gasteiger partial charge < -0.3 is 4.57 Å². The van der Waals surface area contributed by atoms with E-state index in [9.17, 15) is 8.42 Å². The largest absolute Gasteiger partial charge is 0.330 e. The third kappa shape index (κ3) is 4.14. The Morgan fingerprint density at radius 2 is 1.88 bits per heavy atom. The van der Waals surface area contributed by atoms with Crippen LogP contribution in [0.5, 0.6) is 0 Å². The lowest BCUT2D eigenvalue weighted by Gasteiger charge is -2.09. The number of imidazole rings is 1. The van der Waals surface area contributed by atoms with Crippen LogP contribution in [-0.4, -0.2) is 24.2 Å². The second-order valence-electron chi connectivity index (χ2n) is 5.88. The topological polar surface area (TPSA) is 75.8 Å². The van der Waals surface area contributed by atoms with Gasteiger partial charge in [-0.3, -0.25) is 0 Å². The van der Waals surface area contributed by atoms with Crippen molar-refractivity contribution in [3.05, 3.63) is 83.4 Å². The van der Waals surface area contributed by atoms with Gasteiger partial charge in [0.2, 0.25) is 0 Å². The van der Waals surface area contributed by atoms with Gasteiger partial charge in [0, 0.05) is 31.6 Å². The summed E-state index contributed by atoms with van der Waals surface area (Å²) in [7, 11) is -3.18. The van der Waals surface area contributed by atoms with E-state index in [1.807, 2.05) is 41.1 Å². The predicted octanol–water partition coefficient (Wildman–Crippen LogP) is 2.80. The average molecular weight is 351 g/mol. The molecule has 0 aliphatic carbocycles. The highest BCUT2D eigenvalue weighted by Gasteiger charge is 2.09. The third-order valence-electron chi connectivity index (χ3n) is 3.92. The number of benzene rings is 2. The Balaban J connectivity index is 1.79. The number of nitrogens with zero attached hydrogens (tertiary/aromatic N) is 3. The first-order valence-electron chi connectivity index (χ1n) is 7.74. The Labute approximate surface area is 147 Å². The van der Waals surface area contributed by atoms with Gasteiger partial charge in [0.1, 0.15) is 5.82 Å². The van der Waals surface area contributed by atoms with Crippen LogP contribution in [0.3, 0.4) is 0 Å². The molecule has 0 amide bonds. The van der Waals surface area contributed by atoms with Crippen molar-refractivity contribution in [2.45, 2.75) is 17.9 Å². The summed E-state index contributed by atoms with van der Waals surface area (Å²) in [5, 5.41) is 9.01. The van der Waals surface area contributed by atoms with Crippen LogP contribution in [-0.2, 0) is 22.8 Å². The molecule has 126 valence electrons. The summed E-state index contributed by atoms with van der Waals surface area (Å²) >= 11 is 0. The molecule has 0 unspecified atom stereocenters. The maximum Gasteiger partial charge on any atom is 0.175 e. The Kier molecular flexibility index (Phi) is 4.68. The van der Waals surface area contributed by atoms with Crippen LogP contribution in [0.15, 0.2) is 65.8 Å². The quantitative estimate of drug-likeness (QED) is 0.708. The zero-order chi connectivity index (χ0) is 17.9. The molecule has 1 heterocycles. The van der Waals surface area contributed by atoms with Crippen LogP contribution >= 0.6 is 0 Å². The number of sulfone groups is 1. The fraction of sp³-hybridized carbons (Fsp3) is 0.158. The van der Waals surface area contributed by atoms with E-state index in [0.29, 0.717) is 23.4 Å². The number of nitriles is 1. The molecule has 0 aliphatic rings. The first-order chi connectivity index (χ1) is 12.0. The van der Waals surface area contributed by atoms with Crippen LogP contribution in [0.25, 0.3) is 0 Å². The summed E-state index contributed by atoms with van der Waals surface area (Å²) in [6.45, 7) is 0.631. The summed E-state index contributed by atoms with van der Waals surface area (Å²) in [5.74, 6) is 0.884. The lowest BCUT2D eigenvalue weighted by Crippen LogP contribution is -2.05. The third-order valence-corrected chi connectivity index (χ3v) is 5.05. The second kappa shape index (κ2) is 6.91. The van der Waals surface area contributed by atoms with E-state index in [1.165, 1.54) is 6.26 Å². The van der Waals surface area contributed by atoms with Gasteiger partial charge in [-0.2, -0.15) is 5.26 Å². The first-order valence-corrected chi connectivity index (χ1v) is 9.63. The van der Waals surface area contributed by atoms with E-state index in [0.717, 1.165) is 17.0 Å². The first kappa shape index (κ1) is 16.9. The number of aromatic nitrogens is 2. The van der Waals surface area contributed by atoms with Crippen molar-refractivity contribution < 1.29 is 8.42 Å². The summed E-state index contributed by atoms with van der Waals surface area (Å²) in [4.78, 5) is 4.71. The Bertz CT molecular complexity index is 1030. The van der Waals surface area contributed by atoms with Gasteiger partial charge in [0.15, 0.2) is 9.84 Å². The van der Waals surface area contributed by atoms with Gasteiger partial charge in [-0.15, -0.1) is 0 Å². The van der Waals surface area contributed by atoms with E-state index in [4.69, 9.17) is 5.26 Å². The Morgan fingerprint density at radius 3 is 2.56 bits per heavy atom. The number of hydrogen-bond donors (Lipinski definition) is 0. The SMILES string of the molecule is CS(=O)(=O)c1ccc(Cc2nccn2Cc2cccc(C#N)c2)cc1. The molecule has 0 bridgehead atoms. The van der Waals surface area contributed by atoms with E-state index >= 15 is 0 Å². The fourth-order valence-corrected chi connectivity index (χ4v) is 3.25. The standard InChI is InChI=1S/C19H17N3O2S/c1-25(23,24)18-7-5-15(6-8-18)12-19-21-9-10-22(19)14-17-4-2-3-16(11-17)13-20/h2-11H,12,14H2,1H3. The minimum absolute atomic E-state index is 0.313. The Hall–Kier alpha value is -2.91. The molecular weight excluding hydrogens is 334 g/mol. The molecule has 1 aromatic heterocycles. The highest BCUT2D eigenvalue weighted by atomic mass is 32.2. The van der Waals surface area contributed by atoms with Crippen molar-refractivity contribution in [2.24, 2.45) is 0 Å². The minimum Gasteiger partial charge on any atom is -0.330 e. The van der Waals surface area contributed by atoms with Gasteiger partial charge in [-0.25, -0.2) is 13.4 Å². The molecule has 5 nitrogen and oxygen atoms in total. The van der Waals surface area contributed by atoms with Gasteiger partial charge in [-0.05, 0) is 35.4 Å². The zero-order valence-corrected chi connectivity index (χ0v) is 14.6. The molecule has 0 saturated carbocycles. The van der Waals surface area contributed by atoms with Crippen molar-refractivity contribution >= 4 is 9.84 Å². The van der Waals surface area contributed by atoms with Crippen molar-refractivity contribution in [3.63, 3.8) is 0 Å². The van der Waals surface area contributed by atoms with Crippen molar-refractivity contribution in [1.29, 1.82) is 5.26 Å². The van der Waals surface area contributed by atoms with E-state index in [1.54, 1.807) is 24.4 Å². The van der Waals surface area contributed by atoms with Gasteiger partial charge in [0.25, 0.3) is 0 Å². The molecule has 2 aromatic carbocycles. The molecule has 0 atom stereocenters. The maximum atomic E-state index is 11.5. The molecule has 0 fully saturated rings. The smallest absolute Gasteiger partial charge is 0.175 e. The average Bonchev–Trinajstić information content (AvgIpc) is 3.01. The highest BCUT2D eigenvalue weighted by Crippen LogP contribution is 2.15. The molecule has 0 N–H and O–H groups in total. The predicted molar refractivity (Wildman–Crippen MR) is 94.8 cm³/mol. The molecule has 0 radical (unpaired) electrons. The molecule has 0 spiro atoms. The second-order valence-corrected chi connectivity index (χ2v) is 7.89. The molecule has 0 aliphatic heterocycles. The lowest BCUT2D eigenvalue weighted by molar-refractivity contribution is 0.602. The van der Waals surface area contributed by atoms with Crippen LogP contribution < -0.4 is 0 Å². The molecular formula is C19H17N3O2S. The summed E-state index contributed by atoms with van der Waals surface area (Å²) in [6, 6.07) is 16.5. The molecule has 3 rings (SSSR count). The highest BCUT2D eigenvalue weighted by molar-refractivity contribution is 7.90. The zero-order valence-electron chi connectivity index (χ0n) is 13.8. The normalized spacial score (nSPS) is 11.2. The molecule has 3 aromatic rings. The van der Waals surface area contributed by atoms with Gasteiger partial charge in [-0.1, -0.05) is 24.3 Å². The molecule has 25 heavy (non-hydrogen) atoms. The van der Waals surface area contributed by atoms with Crippen LogP contribution in [0.4, 0.5) is 0 Å². The summed E-state index contributed by atoms with van der Waals surface area (Å²) < 4.78 is 25.1. The summed E-state index contributed by atoms with van der Waals surface area (Å²) in [6.07, 6.45) is 5.45. The van der Waals surface area contributed by atoms with Gasteiger partial charge in [0.05, 0.1) is 16.5 Å². The molecule has 0 saturated heterocycles. The Morgan fingerprint density at radius 1 is 1.12 bits per heavy atom. The van der Waals surface area contributed by atoms with E-state index in [2.05, 4.69) is 11.1 Å². The van der Waals surface area contributed by atoms with E-state index in [-0.39, 0.29) is 0 Å². The van der Waals surface area contributed by atoms with Crippen LogP contribution in [0, 0.1) is 11.3 Å². The van der Waals surface area contributed by atoms with Crippen molar-refractivity contribution in [2.75, 3.05) is 6.26 Å². The fourth-order valence-electron chi connectivity index (χ4n) is 2.62.